The van der Waals surface area contributed by atoms with E-state index in [2.05, 4.69) is 5.32 Å². The molecular formula is C13H19ClN2O3. The number of nitro groups is 1. The molecule has 0 saturated carbocycles. The second kappa shape index (κ2) is 6.73. The quantitative estimate of drug-likeness (QED) is 0.594. The summed E-state index contributed by atoms with van der Waals surface area (Å²) in [4.78, 5) is 10.5. The highest BCUT2D eigenvalue weighted by Crippen LogP contribution is 2.30. The van der Waals surface area contributed by atoms with Crippen molar-refractivity contribution < 1.29 is 10.0 Å². The molecule has 19 heavy (non-hydrogen) atoms. The third-order valence-electron chi connectivity index (χ3n) is 2.92. The lowest BCUT2D eigenvalue weighted by Crippen LogP contribution is -2.23. The minimum atomic E-state index is -0.431. The summed E-state index contributed by atoms with van der Waals surface area (Å²) in [7, 11) is 0. The highest BCUT2D eigenvalue weighted by molar-refractivity contribution is 6.31. The molecule has 0 unspecified atom stereocenters. The van der Waals surface area contributed by atoms with Crippen molar-refractivity contribution in [2.24, 2.45) is 5.41 Å². The molecule has 0 bridgehead atoms. The van der Waals surface area contributed by atoms with Crippen molar-refractivity contribution in [1.29, 1.82) is 0 Å². The Morgan fingerprint density at radius 3 is 2.74 bits per heavy atom. The first-order valence-corrected chi connectivity index (χ1v) is 6.52. The van der Waals surface area contributed by atoms with Gasteiger partial charge in [-0.1, -0.05) is 25.4 Å². The molecule has 2 N–H and O–H groups in total. The molecule has 0 aliphatic rings. The van der Waals surface area contributed by atoms with Crippen LogP contribution in [0.15, 0.2) is 18.2 Å². The van der Waals surface area contributed by atoms with Gasteiger partial charge in [-0.2, -0.15) is 0 Å². The number of anilines is 1. The summed E-state index contributed by atoms with van der Waals surface area (Å²) < 4.78 is 0. The first kappa shape index (κ1) is 15.7. The molecule has 5 nitrogen and oxygen atoms in total. The molecule has 1 aromatic rings. The predicted octanol–water partition coefficient (Wildman–Crippen LogP) is 3.46. The first-order chi connectivity index (χ1) is 8.85. The van der Waals surface area contributed by atoms with E-state index in [0.717, 1.165) is 6.42 Å². The van der Waals surface area contributed by atoms with Crippen molar-refractivity contribution >= 4 is 23.0 Å². The standard InChI is InChI=1S/C13H19ClN2O3/c1-13(2,6-3-7-17)9-15-11-8-10(14)4-5-12(11)16(18)19/h4-5,8,15,17H,3,6-7,9H2,1-2H3. The second-order valence-corrected chi connectivity index (χ2v) is 5.70. The summed E-state index contributed by atoms with van der Waals surface area (Å²) >= 11 is 5.86. The largest absolute Gasteiger partial charge is 0.396 e. The number of nitrogens with one attached hydrogen (secondary N) is 1. The van der Waals surface area contributed by atoms with Gasteiger partial charge in [-0.05, 0) is 30.4 Å². The fraction of sp³-hybridized carbons (Fsp3) is 0.538. The van der Waals surface area contributed by atoms with E-state index >= 15 is 0 Å². The van der Waals surface area contributed by atoms with Crippen LogP contribution in [0.4, 0.5) is 11.4 Å². The number of hydrogen-bond acceptors (Lipinski definition) is 4. The summed E-state index contributed by atoms with van der Waals surface area (Å²) in [6.07, 6.45) is 1.55. The monoisotopic (exact) mass is 286 g/mol. The van der Waals surface area contributed by atoms with Crippen molar-refractivity contribution in [3.05, 3.63) is 33.3 Å². The summed E-state index contributed by atoms with van der Waals surface area (Å²) in [6.45, 7) is 4.83. The van der Waals surface area contributed by atoms with E-state index in [1.807, 2.05) is 13.8 Å². The van der Waals surface area contributed by atoms with Crippen molar-refractivity contribution in [2.75, 3.05) is 18.5 Å². The van der Waals surface area contributed by atoms with Crippen LogP contribution >= 0.6 is 11.6 Å². The van der Waals surface area contributed by atoms with E-state index in [4.69, 9.17) is 16.7 Å². The number of nitro benzene ring substituents is 1. The van der Waals surface area contributed by atoms with Gasteiger partial charge in [0.15, 0.2) is 0 Å². The van der Waals surface area contributed by atoms with Crippen LogP contribution in [0.2, 0.25) is 5.02 Å². The molecule has 6 heteroatoms. The number of hydrogen-bond donors (Lipinski definition) is 2. The van der Waals surface area contributed by atoms with Gasteiger partial charge < -0.3 is 10.4 Å². The lowest BCUT2D eigenvalue weighted by atomic mass is 9.88. The fourth-order valence-corrected chi connectivity index (χ4v) is 1.96. The average Bonchev–Trinajstić information content (AvgIpc) is 2.34. The van der Waals surface area contributed by atoms with Crippen molar-refractivity contribution in [3.8, 4) is 0 Å². The SMILES string of the molecule is CC(C)(CCCO)CNc1cc(Cl)ccc1[N+](=O)[O-]. The number of rotatable bonds is 7. The minimum Gasteiger partial charge on any atom is -0.396 e. The van der Waals surface area contributed by atoms with Crippen molar-refractivity contribution in [3.63, 3.8) is 0 Å². The third-order valence-corrected chi connectivity index (χ3v) is 3.16. The van der Waals surface area contributed by atoms with Crippen LogP contribution in [0, 0.1) is 15.5 Å². The van der Waals surface area contributed by atoms with Gasteiger partial charge in [0, 0.05) is 24.2 Å². The summed E-state index contributed by atoms with van der Waals surface area (Å²) in [5.41, 5.74) is 0.385. The maximum atomic E-state index is 10.9. The zero-order valence-electron chi connectivity index (χ0n) is 11.1. The van der Waals surface area contributed by atoms with E-state index in [1.54, 1.807) is 6.07 Å². The van der Waals surface area contributed by atoms with Gasteiger partial charge in [0.1, 0.15) is 5.69 Å². The predicted molar refractivity (Wildman–Crippen MR) is 76.7 cm³/mol. The molecule has 0 aliphatic carbocycles. The normalized spacial score (nSPS) is 11.4. The smallest absolute Gasteiger partial charge is 0.292 e. The van der Waals surface area contributed by atoms with E-state index in [1.165, 1.54) is 12.1 Å². The van der Waals surface area contributed by atoms with E-state index < -0.39 is 4.92 Å². The summed E-state index contributed by atoms with van der Waals surface area (Å²) in [6, 6.07) is 4.45. The maximum Gasteiger partial charge on any atom is 0.292 e. The summed E-state index contributed by atoms with van der Waals surface area (Å²) in [5.74, 6) is 0. The van der Waals surface area contributed by atoms with Gasteiger partial charge in [0.25, 0.3) is 5.69 Å². The van der Waals surface area contributed by atoms with Crippen LogP contribution in [0.1, 0.15) is 26.7 Å². The molecule has 0 spiro atoms. The van der Waals surface area contributed by atoms with Gasteiger partial charge in [-0.25, -0.2) is 0 Å². The van der Waals surface area contributed by atoms with Gasteiger partial charge in [-0.3, -0.25) is 10.1 Å². The Kier molecular flexibility index (Phi) is 5.57. The van der Waals surface area contributed by atoms with Crippen LogP contribution < -0.4 is 5.32 Å². The van der Waals surface area contributed by atoms with E-state index in [-0.39, 0.29) is 17.7 Å². The highest BCUT2D eigenvalue weighted by Gasteiger charge is 2.20. The lowest BCUT2D eigenvalue weighted by molar-refractivity contribution is -0.384. The van der Waals surface area contributed by atoms with Crippen molar-refractivity contribution in [2.45, 2.75) is 26.7 Å². The summed E-state index contributed by atoms with van der Waals surface area (Å²) in [5, 5.41) is 23.3. The number of aliphatic hydroxyl groups excluding tert-OH is 1. The first-order valence-electron chi connectivity index (χ1n) is 6.14. The van der Waals surface area contributed by atoms with Crippen LogP contribution in [0.5, 0.6) is 0 Å². The molecule has 1 aromatic carbocycles. The zero-order valence-corrected chi connectivity index (χ0v) is 11.9. The fourth-order valence-electron chi connectivity index (χ4n) is 1.79. The molecule has 0 heterocycles. The Hall–Kier alpha value is -1.33. The molecule has 0 fully saturated rings. The molecule has 0 saturated heterocycles. The Balaban J connectivity index is 2.76. The molecule has 1 rings (SSSR count). The Morgan fingerprint density at radius 2 is 2.16 bits per heavy atom. The van der Waals surface area contributed by atoms with Crippen LogP contribution in [0.25, 0.3) is 0 Å². The number of halogens is 1. The maximum absolute atomic E-state index is 10.9. The molecular weight excluding hydrogens is 268 g/mol. The van der Waals surface area contributed by atoms with Crippen LogP contribution in [-0.2, 0) is 0 Å². The topological polar surface area (TPSA) is 75.4 Å². The zero-order chi connectivity index (χ0) is 14.5. The number of aliphatic hydroxyl groups is 1. The van der Waals surface area contributed by atoms with Crippen molar-refractivity contribution in [1.82, 2.24) is 0 Å². The van der Waals surface area contributed by atoms with Gasteiger partial charge in [0.05, 0.1) is 4.92 Å². The third kappa shape index (κ3) is 5.04. The molecule has 0 aliphatic heterocycles. The Morgan fingerprint density at radius 1 is 1.47 bits per heavy atom. The van der Waals surface area contributed by atoms with Crippen LogP contribution in [0.3, 0.4) is 0 Å². The molecule has 106 valence electrons. The van der Waals surface area contributed by atoms with E-state index in [9.17, 15) is 10.1 Å². The molecule has 0 aromatic heterocycles. The molecule has 0 radical (unpaired) electrons. The number of benzene rings is 1. The van der Waals surface area contributed by atoms with E-state index in [0.29, 0.717) is 23.7 Å². The molecule has 0 amide bonds. The van der Waals surface area contributed by atoms with Gasteiger partial charge in [0.2, 0.25) is 0 Å². The second-order valence-electron chi connectivity index (χ2n) is 5.26. The lowest BCUT2D eigenvalue weighted by Gasteiger charge is -2.25. The highest BCUT2D eigenvalue weighted by atomic mass is 35.5. The van der Waals surface area contributed by atoms with Gasteiger partial charge in [-0.15, -0.1) is 0 Å². The van der Waals surface area contributed by atoms with Crippen LogP contribution in [-0.4, -0.2) is 23.2 Å². The Bertz CT molecular complexity index is 450. The minimum absolute atomic E-state index is 0.0161. The average molecular weight is 287 g/mol. The molecule has 0 atom stereocenters. The number of nitrogens with zero attached hydrogens (tertiary/aromatic N) is 1. The Labute approximate surface area is 117 Å². The van der Waals surface area contributed by atoms with Gasteiger partial charge >= 0.3 is 0 Å².